The van der Waals surface area contributed by atoms with Gasteiger partial charge in [0.15, 0.2) is 11.5 Å². The molecule has 0 fully saturated rings. The molecule has 0 spiro atoms. The standard InChI is InChI=1S/C23H20N4O3S2/c28-22(15-32-23-24-16-27(25-23)17-5-2-1-3-6-17)26(14-19-7-4-12-31-19)18-8-9-20-21(13-18)30-11-10-29-20/h1-9,12-13,16H,10-11,14-15H2. The number of benzene rings is 2. The number of nitrogens with zero attached hydrogens (tertiary/aromatic N) is 4. The van der Waals surface area contributed by atoms with Crippen molar-refractivity contribution in [3.8, 4) is 17.2 Å². The highest BCUT2D eigenvalue weighted by Gasteiger charge is 2.21. The molecule has 1 amide bonds. The van der Waals surface area contributed by atoms with Gasteiger partial charge in [-0.15, -0.1) is 16.4 Å². The first kappa shape index (κ1) is 20.6. The van der Waals surface area contributed by atoms with Crippen molar-refractivity contribution in [3.63, 3.8) is 0 Å². The summed E-state index contributed by atoms with van der Waals surface area (Å²) in [4.78, 5) is 20.5. The predicted molar refractivity (Wildman–Crippen MR) is 125 cm³/mol. The van der Waals surface area contributed by atoms with Crippen molar-refractivity contribution in [3.05, 3.63) is 77.2 Å². The van der Waals surface area contributed by atoms with E-state index < -0.39 is 0 Å². The lowest BCUT2D eigenvalue weighted by molar-refractivity contribution is -0.116. The number of para-hydroxylation sites is 1. The van der Waals surface area contributed by atoms with Crippen molar-refractivity contribution in [2.24, 2.45) is 0 Å². The second-order valence-corrected chi connectivity index (χ2v) is 8.96. The van der Waals surface area contributed by atoms with Gasteiger partial charge in [-0.05, 0) is 35.7 Å². The van der Waals surface area contributed by atoms with Crippen LogP contribution >= 0.6 is 23.1 Å². The monoisotopic (exact) mass is 464 g/mol. The van der Waals surface area contributed by atoms with Crippen LogP contribution in [0.15, 0.2) is 77.5 Å². The average molecular weight is 465 g/mol. The molecule has 9 heteroatoms. The molecule has 0 unspecified atom stereocenters. The summed E-state index contributed by atoms with van der Waals surface area (Å²) >= 11 is 2.94. The number of thioether (sulfide) groups is 1. The zero-order valence-corrected chi connectivity index (χ0v) is 18.7. The molecule has 4 aromatic rings. The smallest absolute Gasteiger partial charge is 0.237 e. The number of carbonyl (C=O) groups excluding carboxylic acids is 1. The first-order chi connectivity index (χ1) is 15.8. The summed E-state index contributed by atoms with van der Waals surface area (Å²) in [6.45, 7) is 1.52. The number of amides is 1. The number of hydrogen-bond acceptors (Lipinski definition) is 7. The third-order valence-electron chi connectivity index (χ3n) is 4.85. The molecule has 162 valence electrons. The maximum absolute atomic E-state index is 13.3. The summed E-state index contributed by atoms with van der Waals surface area (Å²) in [7, 11) is 0. The molecule has 0 saturated carbocycles. The SMILES string of the molecule is O=C(CSc1ncn(-c2ccccc2)n1)N(Cc1cccs1)c1ccc2c(c1)OCCO2. The summed E-state index contributed by atoms with van der Waals surface area (Å²) in [5.74, 6) is 1.55. The van der Waals surface area contributed by atoms with Gasteiger partial charge >= 0.3 is 0 Å². The number of fused-ring (bicyclic) bond motifs is 1. The van der Waals surface area contributed by atoms with Gasteiger partial charge < -0.3 is 14.4 Å². The fourth-order valence-corrected chi connectivity index (χ4v) is 4.67. The van der Waals surface area contributed by atoms with Crippen molar-refractivity contribution < 1.29 is 14.3 Å². The Morgan fingerprint density at radius 3 is 2.72 bits per heavy atom. The van der Waals surface area contributed by atoms with Gasteiger partial charge in [-0.25, -0.2) is 9.67 Å². The minimum absolute atomic E-state index is 0.0314. The van der Waals surface area contributed by atoms with Crippen LogP contribution in [0.25, 0.3) is 5.69 Å². The Hall–Kier alpha value is -3.30. The topological polar surface area (TPSA) is 69.5 Å². The number of ether oxygens (including phenoxy) is 2. The van der Waals surface area contributed by atoms with Gasteiger partial charge in [-0.2, -0.15) is 0 Å². The second kappa shape index (κ2) is 9.46. The molecule has 0 aliphatic carbocycles. The fourth-order valence-electron chi connectivity index (χ4n) is 3.31. The van der Waals surface area contributed by atoms with Crippen molar-refractivity contribution in [2.45, 2.75) is 11.7 Å². The van der Waals surface area contributed by atoms with Crippen LogP contribution in [-0.4, -0.2) is 39.6 Å². The van der Waals surface area contributed by atoms with E-state index in [-0.39, 0.29) is 11.7 Å². The zero-order chi connectivity index (χ0) is 21.8. The Bertz CT molecular complexity index is 1200. The molecule has 2 aromatic carbocycles. The van der Waals surface area contributed by atoms with E-state index in [9.17, 15) is 4.79 Å². The molecule has 5 rings (SSSR count). The van der Waals surface area contributed by atoms with Crippen LogP contribution in [-0.2, 0) is 11.3 Å². The number of rotatable bonds is 7. The van der Waals surface area contributed by atoms with Crippen LogP contribution in [0.3, 0.4) is 0 Å². The maximum Gasteiger partial charge on any atom is 0.237 e. The van der Waals surface area contributed by atoms with E-state index in [1.54, 1.807) is 27.2 Å². The van der Waals surface area contributed by atoms with Gasteiger partial charge in [0.05, 0.1) is 18.0 Å². The number of carbonyl (C=O) groups is 1. The van der Waals surface area contributed by atoms with Crippen LogP contribution in [0, 0.1) is 0 Å². The number of aromatic nitrogens is 3. The highest BCUT2D eigenvalue weighted by Crippen LogP contribution is 2.35. The normalized spacial score (nSPS) is 12.5. The van der Waals surface area contributed by atoms with Crippen LogP contribution < -0.4 is 14.4 Å². The number of thiophene rings is 1. The summed E-state index contributed by atoms with van der Waals surface area (Å²) in [6.07, 6.45) is 1.66. The van der Waals surface area contributed by atoms with E-state index >= 15 is 0 Å². The van der Waals surface area contributed by atoms with Crippen LogP contribution in [0.2, 0.25) is 0 Å². The molecule has 3 heterocycles. The molecular weight excluding hydrogens is 444 g/mol. The van der Waals surface area contributed by atoms with Crippen molar-refractivity contribution in [1.29, 1.82) is 0 Å². The van der Waals surface area contributed by atoms with Gasteiger partial charge in [0.2, 0.25) is 11.1 Å². The third-order valence-corrected chi connectivity index (χ3v) is 6.55. The second-order valence-electron chi connectivity index (χ2n) is 6.98. The van der Waals surface area contributed by atoms with Gasteiger partial charge in [-0.1, -0.05) is 36.0 Å². The molecular formula is C23H20N4O3S2. The quantitative estimate of drug-likeness (QED) is 0.377. The Morgan fingerprint density at radius 1 is 1.06 bits per heavy atom. The van der Waals surface area contributed by atoms with Crippen molar-refractivity contribution >= 4 is 34.7 Å². The minimum Gasteiger partial charge on any atom is -0.486 e. The molecule has 0 bridgehead atoms. The lowest BCUT2D eigenvalue weighted by atomic mass is 10.2. The predicted octanol–water partition coefficient (Wildman–Crippen LogP) is 4.43. The highest BCUT2D eigenvalue weighted by atomic mass is 32.2. The Kier molecular flexibility index (Phi) is 6.09. The van der Waals surface area contributed by atoms with E-state index in [0.29, 0.717) is 36.4 Å². The molecule has 1 aliphatic rings. The van der Waals surface area contributed by atoms with Gasteiger partial charge in [0.25, 0.3) is 0 Å². The van der Waals surface area contributed by atoms with Crippen molar-refractivity contribution in [2.75, 3.05) is 23.9 Å². The third kappa shape index (κ3) is 4.63. The van der Waals surface area contributed by atoms with Crippen molar-refractivity contribution in [1.82, 2.24) is 14.8 Å². The molecule has 7 nitrogen and oxygen atoms in total. The molecule has 0 N–H and O–H groups in total. The largest absolute Gasteiger partial charge is 0.486 e. The Morgan fingerprint density at radius 2 is 1.91 bits per heavy atom. The van der Waals surface area contributed by atoms with Crippen LogP contribution in [0.5, 0.6) is 11.5 Å². The van der Waals surface area contributed by atoms with Gasteiger partial charge in [0.1, 0.15) is 19.5 Å². The molecule has 0 saturated heterocycles. The lowest BCUT2D eigenvalue weighted by Gasteiger charge is -2.25. The molecule has 0 atom stereocenters. The van der Waals surface area contributed by atoms with Gasteiger partial charge in [0, 0.05) is 16.6 Å². The highest BCUT2D eigenvalue weighted by molar-refractivity contribution is 7.99. The molecule has 2 aromatic heterocycles. The number of hydrogen-bond donors (Lipinski definition) is 0. The lowest BCUT2D eigenvalue weighted by Crippen LogP contribution is -2.31. The minimum atomic E-state index is -0.0314. The van der Waals surface area contributed by atoms with E-state index in [4.69, 9.17) is 9.47 Å². The maximum atomic E-state index is 13.3. The first-order valence-corrected chi connectivity index (χ1v) is 11.9. The summed E-state index contributed by atoms with van der Waals surface area (Å²) in [5.41, 5.74) is 1.70. The zero-order valence-electron chi connectivity index (χ0n) is 17.1. The van der Waals surface area contributed by atoms with Gasteiger partial charge in [-0.3, -0.25) is 4.79 Å². The Balaban J connectivity index is 1.32. The van der Waals surface area contributed by atoms with E-state index in [2.05, 4.69) is 10.1 Å². The Labute approximate surface area is 193 Å². The van der Waals surface area contributed by atoms with E-state index in [1.807, 2.05) is 66.0 Å². The summed E-state index contributed by atoms with van der Waals surface area (Å²) in [5, 5.41) is 7.05. The van der Waals surface area contributed by atoms with E-state index in [0.717, 1.165) is 16.3 Å². The molecule has 1 aliphatic heterocycles. The average Bonchev–Trinajstić information content (AvgIpc) is 3.54. The fraction of sp³-hybridized carbons (Fsp3) is 0.174. The number of anilines is 1. The molecule has 32 heavy (non-hydrogen) atoms. The summed E-state index contributed by atoms with van der Waals surface area (Å²) in [6, 6.07) is 19.4. The van der Waals surface area contributed by atoms with E-state index in [1.165, 1.54) is 11.8 Å². The van der Waals surface area contributed by atoms with Crippen LogP contribution in [0.1, 0.15) is 4.88 Å². The first-order valence-electron chi connectivity index (χ1n) is 10.1. The molecule has 0 radical (unpaired) electrons. The van der Waals surface area contributed by atoms with Crippen LogP contribution in [0.4, 0.5) is 5.69 Å². The summed E-state index contributed by atoms with van der Waals surface area (Å²) < 4.78 is 13.0.